The van der Waals surface area contributed by atoms with Crippen LogP contribution in [0.4, 0.5) is 5.69 Å². The zero-order valence-corrected chi connectivity index (χ0v) is 17.1. The molecule has 2 aliphatic heterocycles. The molecule has 0 unspecified atom stereocenters. The van der Waals surface area contributed by atoms with Gasteiger partial charge in [-0.1, -0.05) is 34.1 Å². The molecular weight excluding hydrogens is 426 g/mol. The summed E-state index contributed by atoms with van der Waals surface area (Å²) in [6.07, 6.45) is 0. The van der Waals surface area contributed by atoms with Gasteiger partial charge in [0, 0.05) is 32.8 Å². The van der Waals surface area contributed by atoms with Crippen molar-refractivity contribution in [3.05, 3.63) is 68.2 Å². The number of rotatable bonds is 4. The number of carbonyl (C=O) groups is 1. The molecule has 3 atom stereocenters. The van der Waals surface area contributed by atoms with Crippen molar-refractivity contribution in [2.75, 3.05) is 25.5 Å². The van der Waals surface area contributed by atoms with Crippen LogP contribution in [-0.2, 0) is 10.3 Å². The number of ether oxygens (including phenoxy) is 1. The molecule has 0 radical (unpaired) electrons. The first-order valence-corrected chi connectivity index (χ1v) is 9.88. The fraction of sp³-hybridized carbons (Fsp3) is 0.350. The minimum Gasteiger partial charge on any atom is -0.494 e. The Kier molecular flexibility index (Phi) is 4.63. The number of hydrogen-bond acceptors (Lipinski definition) is 5. The average Bonchev–Trinajstić information content (AvgIpc) is 3.13. The maximum atomic E-state index is 13.1. The van der Waals surface area contributed by atoms with Crippen LogP contribution in [0.25, 0.3) is 0 Å². The van der Waals surface area contributed by atoms with Crippen LogP contribution in [0.5, 0.6) is 5.75 Å². The number of nitrogens with one attached hydrogen (secondary N) is 1. The lowest BCUT2D eigenvalue weighted by molar-refractivity contribution is -0.534. The van der Waals surface area contributed by atoms with Crippen molar-refractivity contribution >= 4 is 27.5 Å². The second-order valence-corrected chi connectivity index (χ2v) is 8.01. The van der Waals surface area contributed by atoms with Crippen LogP contribution in [0.2, 0.25) is 0 Å². The number of nitrogens with zero attached hydrogens (tertiary/aromatic N) is 2. The molecule has 0 bridgehead atoms. The van der Waals surface area contributed by atoms with Gasteiger partial charge in [-0.2, -0.15) is 0 Å². The molecule has 2 aliphatic rings. The third kappa shape index (κ3) is 2.55. The maximum absolute atomic E-state index is 13.1. The number of hydrogen-bond donors (Lipinski definition) is 1. The van der Waals surface area contributed by atoms with E-state index in [2.05, 4.69) is 21.2 Å². The number of benzene rings is 2. The molecule has 0 aliphatic carbocycles. The lowest BCUT2D eigenvalue weighted by Crippen LogP contribution is -2.54. The number of likely N-dealkylation sites (N-methyl/N-ethyl adjacent to an activating group) is 1. The summed E-state index contributed by atoms with van der Waals surface area (Å²) < 4.78 is 6.57. The summed E-state index contributed by atoms with van der Waals surface area (Å²) >= 11 is 3.46. The Morgan fingerprint density at radius 2 is 2.11 bits per heavy atom. The molecule has 2 aromatic rings. The number of anilines is 1. The molecule has 1 spiro atoms. The summed E-state index contributed by atoms with van der Waals surface area (Å²) in [7, 11) is 1.77. The topological polar surface area (TPSA) is 84.7 Å². The quantitative estimate of drug-likeness (QED) is 0.575. The number of para-hydroxylation sites is 1. The van der Waals surface area contributed by atoms with E-state index < -0.39 is 17.5 Å². The molecule has 0 saturated carbocycles. The average molecular weight is 446 g/mol. The highest BCUT2D eigenvalue weighted by atomic mass is 79.9. The van der Waals surface area contributed by atoms with Crippen molar-refractivity contribution < 1.29 is 14.5 Å². The van der Waals surface area contributed by atoms with Gasteiger partial charge >= 0.3 is 0 Å². The van der Waals surface area contributed by atoms with Gasteiger partial charge in [0.2, 0.25) is 0 Å². The maximum Gasteiger partial charge on any atom is 0.256 e. The molecule has 2 aromatic carbocycles. The summed E-state index contributed by atoms with van der Waals surface area (Å²) in [6, 6.07) is 11.6. The van der Waals surface area contributed by atoms with Crippen LogP contribution in [0.1, 0.15) is 24.0 Å². The van der Waals surface area contributed by atoms with E-state index in [1.54, 1.807) is 19.2 Å². The van der Waals surface area contributed by atoms with Crippen molar-refractivity contribution in [2.24, 2.45) is 0 Å². The number of halogens is 1. The molecule has 0 aromatic heterocycles. The van der Waals surface area contributed by atoms with Crippen LogP contribution < -0.4 is 10.1 Å². The summed E-state index contributed by atoms with van der Waals surface area (Å²) in [4.78, 5) is 27.0. The molecule has 1 saturated heterocycles. The molecule has 4 rings (SSSR count). The molecule has 7 nitrogen and oxygen atoms in total. The van der Waals surface area contributed by atoms with Crippen LogP contribution >= 0.6 is 15.9 Å². The van der Waals surface area contributed by atoms with E-state index in [1.807, 2.05) is 42.2 Å². The van der Waals surface area contributed by atoms with Gasteiger partial charge in [-0.05, 0) is 38.2 Å². The third-order valence-electron chi connectivity index (χ3n) is 5.71. The predicted octanol–water partition coefficient (Wildman–Crippen LogP) is 3.37. The SMILES string of the molecule is CCOc1ccc(Br)cc1[C@@H]1CN(C)[C@]2(C(=O)Nc3ccccc32)[C@H]1[N+](=O)[O-]. The minimum atomic E-state index is -1.35. The first kappa shape index (κ1) is 18.9. The van der Waals surface area contributed by atoms with E-state index in [-0.39, 0.29) is 10.8 Å². The number of amides is 1. The summed E-state index contributed by atoms with van der Waals surface area (Å²) in [5.41, 5.74) is 0.668. The Balaban J connectivity index is 1.91. The molecular formula is C20H20BrN3O4. The van der Waals surface area contributed by atoms with Crippen LogP contribution in [-0.4, -0.2) is 42.0 Å². The summed E-state index contributed by atoms with van der Waals surface area (Å²) in [5.74, 6) is -0.246. The molecule has 28 heavy (non-hydrogen) atoms. The number of carbonyl (C=O) groups excluding carboxylic acids is 1. The van der Waals surface area contributed by atoms with E-state index >= 15 is 0 Å². The first-order valence-electron chi connectivity index (χ1n) is 9.09. The Hall–Kier alpha value is -2.45. The van der Waals surface area contributed by atoms with Crippen molar-refractivity contribution in [1.82, 2.24) is 4.90 Å². The van der Waals surface area contributed by atoms with E-state index in [1.165, 1.54) is 0 Å². The zero-order chi connectivity index (χ0) is 20.1. The van der Waals surface area contributed by atoms with Crippen LogP contribution in [0, 0.1) is 10.1 Å². The monoisotopic (exact) mass is 445 g/mol. The molecule has 1 N–H and O–H groups in total. The van der Waals surface area contributed by atoms with E-state index in [4.69, 9.17) is 4.74 Å². The predicted molar refractivity (Wildman–Crippen MR) is 108 cm³/mol. The standard InChI is InChI=1S/C20H20BrN3O4/c1-3-28-17-9-8-12(21)10-13(17)14-11-23(2)20(18(14)24(26)27)15-6-4-5-7-16(15)22-19(20)25/h4-10,14,18H,3,11H2,1-2H3,(H,22,25)/t14-,18-,20-/m0/s1. The zero-order valence-electron chi connectivity index (χ0n) is 15.5. The van der Waals surface area contributed by atoms with Gasteiger partial charge in [-0.25, -0.2) is 0 Å². The fourth-order valence-electron chi connectivity index (χ4n) is 4.66. The van der Waals surface area contributed by atoms with Crippen molar-refractivity contribution in [3.8, 4) is 5.75 Å². The second-order valence-electron chi connectivity index (χ2n) is 7.10. The van der Waals surface area contributed by atoms with Crippen LogP contribution in [0.15, 0.2) is 46.9 Å². The Morgan fingerprint density at radius 3 is 2.82 bits per heavy atom. The number of likely N-dealkylation sites (tertiary alicyclic amines) is 1. The van der Waals surface area contributed by atoms with Gasteiger partial charge in [0.25, 0.3) is 11.9 Å². The van der Waals surface area contributed by atoms with E-state index in [9.17, 15) is 14.9 Å². The number of nitro groups is 1. The Labute approximate surface area is 171 Å². The van der Waals surface area contributed by atoms with Gasteiger partial charge in [-0.15, -0.1) is 0 Å². The van der Waals surface area contributed by atoms with Crippen molar-refractivity contribution in [1.29, 1.82) is 0 Å². The molecule has 1 amide bonds. The largest absolute Gasteiger partial charge is 0.494 e. The lowest BCUT2D eigenvalue weighted by atomic mass is 9.79. The molecule has 146 valence electrons. The van der Waals surface area contributed by atoms with Gasteiger partial charge in [-0.3, -0.25) is 19.8 Å². The highest BCUT2D eigenvalue weighted by Crippen LogP contribution is 2.53. The van der Waals surface area contributed by atoms with Crippen molar-refractivity contribution in [2.45, 2.75) is 24.4 Å². The number of fused-ring (bicyclic) bond motifs is 2. The highest BCUT2D eigenvalue weighted by molar-refractivity contribution is 9.10. The normalized spacial score (nSPS) is 26.3. The van der Waals surface area contributed by atoms with Gasteiger partial charge in [0.15, 0.2) is 5.54 Å². The van der Waals surface area contributed by atoms with Gasteiger partial charge in [0.05, 0.1) is 12.5 Å². The Morgan fingerprint density at radius 1 is 1.36 bits per heavy atom. The summed E-state index contributed by atoms with van der Waals surface area (Å²) in [5, 5.41) is 15.2. The fourth-order valence-corrected chi connectivity index (χ4v) is 5.04. The van der Waals surface area contributed by atoms with Gasteiger partial charge in [0.1, 0.15) is 5.75 Å². The van der Waals surface area contributed by atoms with Crippen molar-refractivity contribution in [3.63, 3.8) is 0 Å². The first-order chi connectivity index (χ1) is 13.4. The summed E-state index contributed by atoms with van der Waals surface area (Å²) in [6.45, 7) is 2.69. The highest BCUT2D eigenvalue weighted by Gasteiger charge is 2.68. The second kappa shape index (κ2) is 6.86. The molecule has 2 heterocycles. The molecule has 8 heteroatoms. The third-order valence-corrected chi connectivity index (χ3v) is 6.21. The lowest BCUT2D eigenvalue weighted by Gasteiger charge is -2.30. The molecule has 1 fully saturated rings. The van der Waals surface area contributed by atoms with Crippen LogP contribution in [0.3, 0.4) is 0 Å². The van der Waals surface area contributed by atoms with E-state index in [0.29, 0.717) is 30.2 Å². The van der Waals surface area contributed by atoms with E-state index in [0.717, 1.165) is 10.0 Å². The smallest absolute Gasteiger partial charge is 0.256 e. The van der Waals surface area contributed by atoms with Gasteiger partial charge < -0.3 is 10.1 Å². The Bertz CT molecular complexity index is 966. The minimum absolute atomic E-state index is 0.313.